The summed E-state index contributed by atoms with van der Waals surface area (Å²) in [7, 11) is 0. The Labute approximate surface area is 115 Å². The number of esters is 1. The van der Waals surface area contributed by atoms with E-state index in [9.17, 15) is 4.79 Å². The molecule has 0 spiro atoms. The number of rotatable bonds is 4. The van der Waals surface area contributed by atoms with Crippen LogP contribution in [0.15, 0.2) is 24.3 Å². The van der Waals surface area contributed by atoms with Gasteiger partial charge in [-0.15, -0.1) is 0 Å². The summed E-state index contributed by atoms with van der Waals surface area (Å²) in [6.07, 6.45) is 0.786. The van der Waals surface area contributed by atoms with Gasteiger partial charge in [-0.05, 0) is 56.9 Å². The van der Waals surface area contributed by atoms with Crippen molar-refractivity contribution in [3.05, 3.63) is 41.0 Å². The highest BCUT2D eigenvalue weighted by Crippen LogP contribution is 2.31. The van der Waals surface area contributed by atoms with E-state index in [1.807, 2.05) is 39.8 Å². The van der Waals surface area contributed by atoms with Crippen molar-refractivity contribution in [3.8, 4) is 5.75 Å². The van der Waals surface area contributed by atoms with Crippen LogP contribution in [-0.2, 0) is 16.8 Å². The van der Waals surface area contributed by atoms with Gasteiger partial charge in [0.15, 0.2) is 0 Å². The van der Waals surface area contributed by atoms with Crippen molar-refractivity contribution in [1.29, 1.82) is 0 Å². The number of carbonyl (C=O) groups excluding carboxylic acids is 1. The smallest absolute Gasteiger partial charge is 0.338 e. The number of benzene rings is 1. The molecule has 0 aliphatic heterocycles. The van der Waals surface area contributed by atoms with E-state index in [4.69, 9.17) is 10.5 Å². The predicted molar refractivity (Wildman–Crippen MR) is 78.2 cm³/mol. The molecule has 0 atom stereocenters. The normalized spacial score (nSPS) is 11.3. The fourth-order valence-corrected chi connectivity index (χ4v) is 2.15. The highest BCUT2D eigenvalue weighted by molar-refractivity contribution is 5.89. The van der Waals surface area contributed by atoms with Gasteiger partial charge in [0.1, 0.15) is 5.75 Å². The van der Waals surface area contributed by atoms with Gasteiger partial charge in [-0.2, -0.15) is 0 Å². The molecule has 3 heteroatoms. The zero-order valence-corrected chi connectivity index (χ0v) is 12.5. The van der Waals surface area contributed by atoms with E-state index < -0.39 is 11.5 Å². The highest BCUT2D eigenvalue weighted by Gasteiger charge is 2.21. The number of carbonyl (C=O) groups is 1. The van der Waals surface area contributed by atoms with E-state index in [1.54, 1.807) is 6.92 Å². The van der Waals surface area contributed by atoms with Gasteiger partial charge in [-0.25, -0.2) is 4.79 Å². The first-order chi connectivity index (χ1) is 8.68. The van der Waals surface area contributed by atoms with Gasteiger partial charge in [-0.1, -0.05) is 19.6 Å². The summed E-state index contributed by atoms with van der Waals surface area (Å²) in [5.41, 5.74) is 9.31. The van der Waals surface area contributed by atoms with Gasteiger partial charge < -0.3 is 10.5 Å². The van der Waals surface area contributed by atoms with Crippen LogP contribution < -0.4 is 10.5 Å². The Hall–Kier alpha value is -1.61. The fraction of sp³-hybridized carbons (Fsp3) is 0.438. The van der Waals surface area contributed by atoms with E-state index in [1.165, 1.54) is 0 Å². The van der Waals surface area contributed by atoms with Crippen molar-refractivity contribution in [2.24, 2.45) is 5.73 Å². The maximum Gasteiger partial charge on any atom is 0.338 e. The lowest BCUT2D eigenvalue weighted by Gasteiger charge is -2.24. The minimum Gasteiger partial charge on any atom is -0.423 e. The van der Waals surface area contributed by atoms with Crippen LogP contribution in [0.1, 0.15) is 44.4 Å². The molecule has 0 aliphatic rings. The Balaban J connectivity index is 3.27. The van der Waals surface area contributed by atoms with E-state index in [2.05, 4.69) is 6.58 Å². The van der Waals surface area contributed by atoms with Crippen molar-refractivity contribution in [3.63, 3.8) is 0 Å². The van der Waals surface area contributed by atoms with Crippen molar-refractivity contribution in [1.82, 2.24) is 0 Å². The van der Waals surface area contributed by atoms with Gasteiger partial charge >= 0.3 is 5.97 Å². The third-order valence-corrected chi connectivity index (χ3v) is 3.15. The third kappa shape index (κ3) is 3.44. The van der Waals surface area contributed by atoms with Crippen LogP contribution in [0.25, 0.3) is 0 Å². The van der Waals surface area contributed by atoms with Crippen LogP contribution in [0.4, 0.5) is 0 Å². The van der Waals surface area contributed by atoms with Crippen molar-refractivity contribution >= 4 is 5.97 Å². The number of hydrogen-bond acceptors (Lipinski definition) is 3. The van der Waals surface area contributed by atoms with Gasteiger partial charge in [0.2, 0.25) is 0 Å². The van der Waals surface area contributed by atoms with Gasteiger partial charge in [0.05, 0.1) is 0 Å². The summed E-state index contributed by atoms with van der Waals surface area (Å²) in [6.45, 7) is 13.2. The lowest BCUT2D eigenvalue weighted by atomic mass is 9.88. The lowest BCUT2D eigenvalue weighted by Crippen LogP contribution is -2.30. The number of hydrogen-bond donors (Lipinski definition) is 1. The van der Waals surface area contributed by atoms with Crippen molar-refractivity contribution in [2.75, 3.05) is 0 Å². The molecule has 0 saturated heterocycles. The molecule has 0 aliphatic carbocycles. The molecule has 0 heterocycles. The average Bonchev–Trinajstić information content (AvgIpc) is 2.27. The van der Waals surface area contributed by atoms with E-state index >= 15 is 0 Å². The first-order valence-electron chi connectivity index (χ1n) is 6.48. The second-order valence-corrected chi connectivity index (χ2v) is 5.46. The number of nitrogens with two attached hydrogens (primary N) is 1. The summed E-state index contributed by atoms with van der Waals surface area (Å²) < 4.78 is 5.37. The van der Waals surface area contributed by atoms with Crippen LogP contribution in [0.3, 0.4) is 0 Å². The van der Waals surface area contributed by atoms with E-state index in [0.717, 1.165) is 23.1 Å². The van der Waals surface area contributed by atoms with Crippen LogP contribution in [0.2, 0.25) is 0 Å². The summed E-state index contributed by atoms with van der Waals surface area (Å²) >= 11 is 0. The fourth-order valence-electron chi connectivity index (χ4n) is 2.15. The molecule has 3 nitrogen and oxygen atoms in total. The molecule has 0 fully saturated rings. The molecule has 0 saturated carbocycles. The monoisotopic (exact) mass is 261 g/mol. The molecule has 0 radical (unpaired) electrons. The van der Waals surface area contributed by atoms with E-state index in [-0.39, 0.29) is 0 Å². The highest BCUT2D eigenvalue weighted by atomic mass is 16.5. The Morgan fingerprint density at radius 1 is 1.42 bits per heavy atom. The second kappa shape index (κ2) is 5.57. The Morgan fingerprint density at radius 3 is 2.42 bits per heavy atom. The SMILES string of the molecule is C=C(C)C(=O)Oc1ccc(C(C)(C)N)c(C)c1CC. The number of ether oxygens (including phenoxy) is 1. The quantitative estimate of drug-likeness (QED) is 0.514. The first kappa shape index (κ1) is 15.4. The second-order valence-electron chi connectivity index (χ2n) is 5.46. The third-order valence-electron chi connectivity index (χ3n) is 3.15. The lowest BCUT2D eigenvalue weighted by molar-refractivity contribution is -0.130. The van der Waals surface area contributed by atoms with Crippen LogP contribution in [-0.4, -0.2) is 5.97 Å². The minimum absolute atomic E-state index is 0.392. The average molecular weight is 261 g/mol. The molecule has 0 aromatic heterocycles. The molecule has 0 unspecified atom stereocenters. The van der Waals surface area contributed by atoms with Gasteiger partial charge in [0.25, 0.3) is 0 Å². The largest absolute Gasteiger partial charge is 0.423 e. The minimum atomic E-state index is -0.412. The summed E-state index contributed by atoms with van der Waals surface area (Å²) in [5.74, 6) is 0.204. The molecule has 1 aromatic carbocycles. The molecule has 2 N–H and O–H groups in total. The zero-order chi connectivity index (χ0) is 14.8. The van der Waals surface area contributed by atoms with Crippen molar-refractivity contribution in [2.45, 2.75) is 46.6 Å². The molecule has 0 bridgehead atoms. The van der Waals surface area contributed by atoms with Gasteiger partial charge in [0, 0.05) is 11.1 Å². The summed E-state index contributed by atoms with van der Waals surface area (Å²) in [5, 5.41) is 0. The standard InChI is InChI=1S/C16H23NO2/c1-7-12-11(4)13(16(5,6)17)8-9-14(12)19-15(18)10(2)3/h8-9H,2,7,17H2,1,3-6H3. The summed E-state index contributed by atoms with van der Waals surface area (Å²) in [4.78, 5) is 11.6. The molecule has 1 aromatic rings. The maximum atomic E-state index is 11.6. The molecule has 0 amide bonds. The molecule has 1 rings (SSSR count). The Kier molecular flexibility index (Phi) is 4.53. The Morgan fingerprint density at radius 2 is 2.00 bits per heavy atom. The van der Waals surface area contributed by atoms with Crippen LogP contribution in [0, 0.1) is 6.92 Å². The zero-order valence-electron chi connectivity index (χ0n) is 12.5. The van der Waals surface area contributed by atoms with Crippen LogP contribution in [0.5, 0.6) is 5.75 Å². The van der Waals surface area contributed by atoms with E-state index in [0.29, 0.717) is 11.3 Å². The topological polar surface area (TPSA) is 52.3 Å². The molecular formula is C16H23NO2. The molecular weight excluding hydrogens is 238 g/mol. The van der Waals surface area contributed by atoms with Gasteiger partial charge in [-0.3, -0.25) is 0 Å². The van der Waals surface area contributed by atoms with Crippen molar-refractivity contribution < 1.29 is 9.53 Å². The first-order valence-corrected chi connectivity index (χ1v) is 6.48. The molecule has 19 heavy (non-hydrogen) atoms. The predicted octanol–water partition coefficient (Wildman–Crippen LogP) is 3.23. The summed E-state index contributed by atoms with van der Waals surface area (Å²) in [6, 6.07) is 3.74. The molecule has 104 valence electrons. The Bertz CT molecular complexity index is 510. The van der Waals surface area contributed by atoms with Crippen LogP contribution >= 0.6 is 0 Å². The maximum absolute atomic E-state index is 11.6.